The van der Waals surface area contributed by atoms with Gasteiger partial charge < -0.3 is 5.11 Å². The van der Waals surface area contributed by atoms with Gasteiger partial charge in [-0.2, -0.15) is 0 Å². The predicted octanol–water partition coefficient (Wildman–Crippen LogP) is 5.79. The molecule has 31 heavy (non-hydrogen) atoms. The summed E-state index contributed by atoms with van der Waals surface area (Å²) in [6.45, 7) is 0. The van der Waals surface area contributed by atoms with Gasteiger partial charge in [0.1, 0.15) is 5.41 Å². The van der Waals surface area contributed by atoms with Crippen LogP contribution in [0.3, 0.4) is 0 Å². The number of rotatable bonds is 1. The van der Waals surface area contributed by atoms with E-state index in [1.54, 1.807) is 0 Å². The van der Waals surface area contributed by atoms with Crippen LogP contribution in [0.4, 0.5) is 0 Å². The van der Waals surface area contributed by atoms with Gasteiger partial charge in [0.15, 0.2) is 0 Å². The van der Waals surface area contributed by atoms with E-state index >= 15 is 0 Å². The normalized spacial score (nSPS) is 26.1. The molecule has 2 heteroatoms. The first kappa shape index (κ1) is 17.1. The minimum absolute atomic E-state index is 0.0865. The van der Waals surface area contributed by atoms with E-state index in [-0.39, 0.29) is 17.8 Å². The average molecular weight is 400 g/mol. The van der Waals surface area contributed by atoms with Gasteiger partial charge in [-0.05, 0) is 44.5 Å². The Morgan fingerprint density at radius 1 is 0.548 bits per heavy atom. The van der Waals surface area contributed by atoms with E-state index in [9.17, 15) is 9.90 Å². The molecule has 4 aromatic rings. The van der Waals surface area contributed by atoms with Crippen LogP contribution in [-0.4, -0.2) is 11.1 Å². The van der Waals surface area contributed by atoms with Crippen molar-refractivity contribution in [3.63, 3.8) is 0 Å². The van der Waals surface area contributed by atoms with Crippen molar-refractivity contribution in [3.8, 4) is 0 Å². The Bertz CT molecular complexity index is 1300. The molecule has 0 radical (unpaired) electrons. The second kappa shape index (κ2) is 5.73. The lowest BCUT2D eigenvalue weighted by atomic mass is 9.47. The molecule has 0 fully saturated rings. The van der Waals surface area contributed by atoms with Crippen LogP contribution in [0.25, 0.3) is 0 Å². The van der Waals surface area contributed by atoms with E-state index in [0.29, 0.717) is 0 Å². The fourth-order valence-electron chi connectivity index (χ4n) is 6.87. The molecule has 0 heterocycles. The lowest BCUT2D eigenvalue weighted by Gasteiger charge is -2.54. The summed E-state index contributed by atoms with van der Waals surface area (Å²) in [6, 6.07) is 33.5. The zero-order chi connectivity index (χ0) is 20.7. The van der Waals surface area contributed by atoms with Crippen molar-refractivity contribution < 1.29 is 9.90 Å². The number of benzene rings is 4. The molecule has 1 N–H and O–H groups in total. The number of carboxylic acids is 1. The summed E-state index contributed by atoms with van der Waals surface area (Å²) in [5, 5.41) is 11.1. The monoisotopic (exact) mass is 400 g/mol. The lowest BCUT2D eigenvalue weighted by molar-refractivity contribution is -0.143. The lowest BCUT2D eigenvalue weighted by Crippen LogP contribution is -2.51. The Morgan fingerprint density at radius 3 is 1.35 bits per heavy atom. The molecule has 4 aromatic carbocycles. The third-order valence-corrected chi connectivity index (χ3v) is 7.83. The third kappa shape index (κ3) is 1.83. The summed E-state index contributed by atoms with van der Waals surface area (Å²) >= 11 is 0. The van der Waals surface area contributed by atoms with Crippen LogP contribution in [0.2, 0.25) is 0 Å². The molecule has 0 saturated carbocycles. The number of carboxylic acid groups (broad SMARTS) is 1. The van der Waals surface area contributed by atoms with Crippen molar-refractivity contribution in [1.29, 1.82) is 0 Å². The molecule has 0 aromatic heterocycles. The SMILES string of the molecule is O=C(O)C12c3ccccc3C(c3ccccc31)C1c3ccccc3C2c2ccccc21. The van der Waals surface area contributed by atoms with Gasteiger partial charge >= 0.3 is 5.97 Å². The molecule has 0 spiro atoms. The molecule has 0 unspecified atom stereocenters. The van der Waals surface area contributed by atoms with Crippen molar-refractivity contribution in [1.82, 2.24) is 0 Å². The van der Waals surface area contributed by atoms with Gasteiger partial charge in [-0.15, -0.1) is 0 Å². The largest absolute Gasteiger partial charge is 0.480 e. The van der Waals surface area contributed by atoms with Crippen LogP contribution in [0.15, 0.2) is 97.1 Å². The average Bonchev–Trinajstić information content (AvgIpc) is 2.80. The Kier molecular flexibility index (Phi) is 3.16. The minimum atomic E-state index is -1.17. The molecule has 6 aliphatic rings. The molecule has 148 valence electrons. The van der Waals surface area contributed by atoms with Crippen LogP contribution in [0.1, 0.15) is 62.3 Å². The Morgan fingerprint density at radius 2 is 0.903 bits per heavy atom. The second-order valence-corrected chi connectivity index (χ2v) is 8.93. The number of hydrogen-bond donors (Lipinski definition) is 1. The van der Waals surface area contributed by atoms with Crippen LogP contribution >= 0.6 is 0 Å². The standard InChI is InChI=1S/C29H20O2/c30-28(31)29-23-15-7-5-13-21(23)26(22-14-6-8-16-24(22)29)25-17-9-1-3-11-19(17)27(29)20-12-4-2-10-18(20)25/h1-16,25-27H,(H,30,31). The molecule has 10 rings (SSSR count). The molecule has 0 amide bonds. The van der Waals surface area contributed by atoms with E-state index < -0.39 is 11.4 Å². The maximum absolute atomic E-state index is 13.5. The fraction of sp³-hybridized carbons (Fsp3) is 0.138. The van der Waals surface area contributed by atoms with Crippen molar-refractivity contribution in [2.75, 3.05) is 0 Å². The van der Waals surface area contributed by atoms with Crippen LogP contribution in [0, 0.1) is 0 Å². The molecule has 0 atom stereocenters. The topological polar surface area (TPSA) is 37.3 Å². The predicted molar refractivity (Wildman–Crippen MR) is 120 cm³/mol. The van der Waals surface area contributed by atoms with Crippen LogP contribution in [-0.2, 0) is 10.2 Å². The smallest absolute Gasteiger partial charge is 0.319 e. The van der Waals surface area contributed by atoms with Gasteiger partial charge in [0.2, 0.25) is 0 Å². The van der Waals surface area contributed by atoms with Gasteiger partial charge in [0.05, 0.1) is 0 Å². The highest BCUT2D eigenvalue weighted by Crippen LogP contribution is 2.66. The van der Waals surface area contributed by atoms with Gasteiger partial charge in [-0.1, -0.05) is 97.1 Å². The summed E-state index contributed by atoms with van der Waals surface area (Å²) in [4.78, 5) is 13.5. The van der Waals surface area contributed by atoms with Crippen molar-refractivity contribution in [2.24, 2.45) is 0 Å². The second-order valence-electron chi connectivity index (χ2n) is 8.93. The number of carbonyl (C=O) groups is 1. The first-order valence-corrected chi connectivity index (χ1v) is 10.8. The molecule has 6 aliphatic carbocycles. The summed E-state index contributed by atoms with van der Waals surface area (Å²) in [6.07, 6.45) is 0. The van der Waals surface area contributed by atoms with Crippen molar-refractivity contribution in [2.45, 2.75) is 23.2 Å². The first-order chi connectivity index (χ1) is 15.2. The van der Waals surface area contributed by atoms with Gasteiger partial charge in [-0.25, -0.2) is 0 Å². The third-order valence-electron chi connectivity index (χ3n) is 7.83. The highest BCUT2D eigenvalue weighted by molar-refractivity contribution is 5.93. The van der Waals surface area contributed by atoms with Crippen molar-refractivity contribution >= 4 is 5.97 Å². The summed E-state index contributed by atoms with van der Waals surface area (Å²) in [7, 11) is 0. The highest BCUT2D eigenvalue weighted by atomic mass is 16.4. The van der Waals surface area contributed by atoms with E-state index in [4.69, 9.17) is 0 Å². The molecule has 0 saturated heterocycles. The number of aliphatic carboxylic acids is 1. The zero-order valence-electron chi connectivity index (χ0n) is 16.8. The molecule has 0 aliphatic heterocycles. The minimum Gasteiger partial charge on any atom is -0.480 e. The van der Waals surface area contributed by atoms with Crippen LogP contribution in [0.5, 0.6) is 0 Å². The van der Waals surface area contributed by atoms with E-state index in [2.05, 4.69) is 84.9 Å². The van der Waals surface area contributed by atoms with Gasteiger partial charge in [0.25, 0.3) is 0 Å². The Balaban J connectivity index is 1.77. The first-order valence-electron chi connectivity index (χ1n) is 10.8. The molecule has 2 nitrogen and oxygen atoms in total. The van der Waals surface area contributed by atoms with E-state index in [0.717, 1.165) is 33.4 Å². The fourth-order valence-corrected chi connectivity index (χ4v) is 6.87. The molecular formula is C29H20O2. The quantitative estimate of drug-likeness (QED) is 0.439. The van der Waals surface area contributed by atoms with Gasteiger partial charge in [0, 0.05) is 17.8 Å². The molecule has 4 bridgehead atoms. The summed E-state index contributed by atoms with van der Waals surface area (Å²) in [5.74, 6) is -0.806. The highest BCUT2D eigenvalue weighted by Gasteiger charge is 2.61. The summed E-state index contributed by atoms with van der Waals surface area (Å²) in [5.41, 5.74) is 7.89. The van der Waals surface area contributed by atoms with Crippen LogP contribution < -0.4 is 0 Å². The molecular weight excluding hydrogens is 380 g/mol. The van der Waals surface area contributed by atoms with E-state index in [1.165, 1.54) is 11.1 Å². The van der Waals surface area contributed by atoms with Crippen molar-refractivity contribution in [3.05, 3.63) is 142 Å². The number of hydrogen-bond acceptors (Lipinski definition) is 1. The Labute approximate surface area is 180 Å². The summed E-state index contributed by atoms with van der Waals surface area (Å²) < 4.78 is 0. The van der Waals surface area contributed by atoms with Gasteiger partial charge in [-0.3, -0.25) is 4.79 Å². The maximum Gasteiger partial charge on any atom is 0.319 e. The zero-order valence-corrected chi connectivity index (χ0v) is 16.8. The maximum atomic E-state index is 13.5. The Hall–Kier alpha value is -3.65. The van der Waals surface area contributed by atoms with E-state index in [1.807, 2.05) is 12.1 Å².